The number of aromatic nitrogens is 1. The SMILES string of the molecule is CC(O)CC(C)(C)NC(=O)C1CC(c2ccccn2)NN1. The Morgan fingerprint density at radius 1 is 1.52 bits per heavy atom. The summed E-state index contributed by atoms with van der Waals surface area (Å²) in [7, 11) is 0. The van der Waals surface area contributed by atoms with E-state index in [1.165, 1.54) is 0 Å². The van der Waals surface area contributed by atoms with Crippen molar-refractivity contribution in [2.24, 2.45) is 0 Å². The molecule has 2 rings (SSSR count). The van der Waals surface area contributed by atoms with Crippen molar-refractivity contribution in [3.05, 3.63) is 30.1 Å². The smallest absolute Gasteiger partial charge is 0.238 e. The molecule has 1 saturated heterocycles. The lowest BCUT2D eigenvalue weighted by Crippen LogP contribution is -2.52. The average molecular weight is 292 g/mol. The summed E-state index contributed by atoms with van der Waals surface area (Å²) < 4.78 is 0. The number of rotatable bonds is 5. The van der Waals surface area contributed by atoms with Crippen LogP contribution in [0.1, 0.15) is 45.3 Å². The highest BCUT2D eigenvalue weighted by Crippen LogP contribution is 2.21. The zero-order valence-electron chi connectivity index (χ0n) is 12.8. The lowest BCUT2D eigenvalue weighted by Gasteiger charge is -2.29. The van der Waals surface area contributed by atoms with Gasteiger partial charge in [0.05, 0.1) is 17.8 Å². The summed E-state index contributed by atoms with van der Waals surface area (Å²) in [5, 5.41) is 12.4. The molecule has 3 unspecified atom stereocenters. The summed E-state index contributed by atoms with van der Waals surface area (Å²) in [6.07, 6.45) is 2.46. The molecule has 2 heterocycles. The lowest BCUT2D eigenvalue weighted by molar-refractivity contribution is -0.124. The van der Waals surface area contributed by atoms with E-state index >= 15 is 0 Å². The van der Waals surface area contributed by atoms with Crippen molar-refractivity contribution in [2.75, 3.05) is 0 Å². The van der Waals surface area contributed by atoms with Gasteiger partial charge in [-0.2, -0.15) is 0 Å². The number of aliphatic hydroxyl groups is 1. The summed E-state index contributed by atoms with van der Waals surface area (Å²) in [5.74, 6) is -0.0634. The molecule has 1 aliphatic heterocycles. The quantitative estimate of drug-likeness (QED) is 0.640. The molecular weight excluding hydrogens is 268 g/mol. The normalized spacial score (nSPS) is 23.8. The Morgan fingerprint density at radius 3 is 2.90 bits per heavy atom. The number of pyridine rings is 1. The van der Waals surface area contributed by atoms with Crippen molar-refractivity contribution < 1.29 is 9.90 Å². The Bertz CT molecular complexity index is 476. The Kier molecular flexibility index (Phi) is 4.92. The fraction of sp³-hybridized carbons (Fsp3) is 0.600. The van der Waals surface area contributed by atoms with Gasteiger partial charge in [0.25, 0.3) is 0 Å². The maximum Gasteiger partial charge on any atom is 0.238 e. The largest absolute Gasteiger partial charge is 0.393 e. The van der Waals surface area contributed by atoms with Gasteiger partial charge >= 0.3 is 0 Å². The number of amides is 1. The molecule has 0 spiro atoms. The Hall–Kier alpha value is -1.50. The van der Waals surface area contributed by atoms with Crippen LogP contribution in [0.3, 0.4) is 0 Å². The van der Waals surface area contributed by atoms with E-state index in [1.807, 2.05) is 32.0 Å². The predicted molar refractivity (Wildman–Crippen MR) is 80.2 cm³/mol. The second-order valence-corrected chi connectivity index (χ2v) is 6.31. The summed E-state index contributed by atoms with van der Waals surface area (Å²) in [5.41, 5.74) is 6.61. The number of carbonyl (C=O) groups is 1. The van der Waals surface area contributed by atoms with E-state index in [1.54, 1.807) is 13.1 Å². The molecule has 6 nitrogen and oxygen atoms in total. The van der Waals surface area contributed by atoms with Gasteiger partial charge in [0.15, 0.2) is 0 Å². The first-order valence-electron chi connectivity index (χ1n) is 7.29. The Labute approximate surface area is 125 Å². The lowest BCUT2D eigenvalue weighted by atomic mass is 9.96. The molecular formula is C15H24N4O2. The van der Waals surface area contributed by atoms with Gasteiger partial charge in [-0.3, -0.25) is 9.78 Å². The van der Waals surface area contributed by atoms with Gasteiger partial charge in [0.1, 0.15) is 6.04 Å². The second-order valence-electron chi connectivity index (χ2n) is 6.31. The monoisotopic (exact) mass is 292 g/mol. The Balaban J connectivity index is 1.91. The highest BCUT2D eigenvalue weighted by molar-refractivity contribution is 5.82. The van der Waals surface area contributed by atoms with E-state index in [2.05, 4.69) is 21.2 Å². The summed E-state index contributed by atoms with van der Waals surface area (Å²) in [6.45, 7) is 5.55. The van der Waals surface area contributed by atoms with Crippen LogP contribution < -0.4 is 16.2 Å². The summed E-state index contributed by atoms with van der Waals surface area (Å²) in [6, 6.07) is 5.47. The fourth-order valence-corrected chi connectivity index (χ4v) is 2.71. The maximum atomic E-state index is 12.3. The van der Waals surface area contributed by atoms with Crippen molar-refractivity contribution in [3.8, 4) is 0 Å². The number of nitrogens with one attached hydrogen (secondary N) is 3. The van der Waals surface area contributed by atoms with E-state index in [0.717, 1.165) is 5.69 Å². The molecule has 4 N–H and O–H groups in total. The minimum absolute atomic E-state index is 0.0295. The molecule has 0 aromatic carbocycles. The third-order valence-corrected chi connectivity index (χ3v) is 3.53. The van der Waals surface area contributed by atoms with E-state index in [0.29, 0.717) is 12.8 Å². The molecule has 1 aliphatic rings. The number of nitrogens with zero attached hydrogens (tertiary/aromatic N) is 1. The van der Waals surface area contributed by atoms with Gasteiger partial charge in [0, 0.05) is 11.7 Å². The molecule has 1 fully saturated rings. The highest BCUT2D eigenvalue weighted by Gasteiger charge is 2.33. The molecule has 21 heavy (non-hydrogen) atoms. The number of hydrazine groups is 1. The molecule has 0 radical (unpaired) electrons. The summed E-state index contributed by atoms with van der Waals surface area (Å²) >= 11 is 0. The second kappa shape index (κ2) is 6.51. The minimum Gasteiger partial charge on any atom is -0.393 e. The summed E-state index contributed by atoms with van der Waals surface area (Å²) in [4.78, 5) is 16.6. The average Bonchev–Trinajstić information content (AvgIpc) is 2.87. The molecule has 3 atom stereocenters. The molecule has 0 aliphatic carbocycles. The van der Waals surface area contributed by atoms with E-state index in [-0.39, 0.29) is 18.0 Å². The van der Waals surface area contributed by atoms with Crippen LogP contribution in [-0.2, 0) is 4.79 Å². The van der Waals surface area contributed by atoms with Gasteiger partial charge in [-0.25, -0.2) is 10.9 Å². The van der Waals surface area contributed by atoms with Crippen molar-refractivity contribution in [1.29, 1.82) is 0 Å². The van der Waals surface area contributed by atoms with Crippen LogP contribution in [0.15, 0.2) is 24.4 Å². The van der Waals surface area contributed by atoms with Crippen LogP contribution in [0.4, 0.5) is 0 Å². The number of carbonyl (C=O) groups excluding carboxylic acids is 1. The van der Waals surface area contributed by atoms with Gasteiger partial charge in [-0.15, -0.1) is 0 Å². The van der Waals surface area contributed by atoms with Crippen molar-refractivity contribution in [3.63, 3.8) is 0 Å². The first-order valence-corrected chi connectivity index (χ1v) is 7.29. The fourth-order valence-electron chi connectivity index (χ4n) is 2.71. The Morgan fingerprint density at radius 2 is 2.29 bits per heavy atom. The molecule has 6 heteroatoms. The van der Waals surface area contributed by atoms with Crippen LogP contribution >= 0.6 is 0 Å². The van der Waals surface area contributed by atoms with Gasteiger partial charge in [0.2, 0.25) is 5.91 Å². The molecule has 116 valence electrons. The minimum atomic E-state index is -0.448. The topological polar surface area (TPSA) is 86.3 Å². The molecule has 0 bridgehead atoms. The predicted octanol–water partition coefficient (Wildman–Crippen LogP) is 0.655. The van der Waals surface area contributed by atoms with Crippen LogP contribution in [0.25, 0.3) is 0 Å². The van der Waals surface area contributed by atoms with E-state index in [4.69, 9.17) is 0 Å². The zero-order valence-corrected chi connectivity index (χ0v) is 12.8. The van der Waals surface area contributed by atoms with Crippen molar-refractivity contribution in [2.45, 2.75) is 57.3 Å². The van der Waals surface area contributed by atoms with Crippen molar-refractivity contribution in [1.82, 2.24) is 21.2 Å². The van der Waals surface area contributed by atoms with Crippen LogP contribution in [-0.4, -0.2) is 33.7 Å². The first kappa shape index (κ1) is 15.9. The molecule has 0 saturated carbocycles. The number of aliphatic hydroxyl groups excluding tert-OH is 1. The van der Waals surface area contributed by atoms with E-state index < -0.39 is 11.6 Å². The maximum absolute atomic E-state index is 12.3. The van der Waals surface area contributed by atoms with Gasteiger partial charge in [-0.1, -0.05) is 6.07 Å². The molecule has 1 amide bonds. The van der Waals surface area contributed by atoms with Crippen LogP contribution in [0.2, 0.25) is 0 Å². The number of hydrogen-bond donors (Lipinski definition) is 4. The third kappa shape index (κ3) is 4.49. The molecule has 1 aromatic heterocycles. The third-order valence-electron chi connectivity index (χ3n) is 3.53. The standard InChI is InChI=1S/C15H24N4O2/c1-10(20)9-15(2,3)17-14(21)13-8-12(18-19-13)11-6-4-5-7-16-11/h4-7,10,12-13,18-20H,8-9H2,1-3H3,(H,17,21). The zero-order chi connectivity index (χ0) is 15.5. The first-order chi connectivity index (χ1) is 9.87. The highest BCUT2D eigenvalue weighted by atomic mass is 16.3. The van der Waals surface area contributed by atoms with Gasteiger partial charge in [-0.05, 0) is 45.7 Å². The van der Waals surface area contributed by atoms with Crippen molar-refractivity contribution >= 4 is 5.91 Å². The van der Waals surface area contributed by atoms with Gasteiger partial charge < -0.3 is 10.4 Å². The van der Waals surface area contributed by atoms with Crippen LogP contribution in [0.5, 0.6) is 0 Å². The molecule has 1 aromatic rings. The van der Waals surface area contributed by atoms with E-state index in [9.17, 15) is 9.90 Å². The number of hydrogen-bond acceptors (Lipinski definition) is 5. The van der Waals surface area contributed by atoms with Crippen LogP contribution in [0, 0.1) is 0 Å².